The number of nitrogen functional groups attached to an aromatic ring is 1. The molecule has 0 aromatic carbocycles. The van der Waals surface area contributed by atoms with Gasteiger partial charge in [-0.15, -0.1) is 0 Å². The first-order valence-electron chi connectivity index (χ1n) is 12.2. The van der Waals surface area contributed by atoms with Crippen LogP contribution in [0.25, 0.3) is 17.4 Å². The number of ether oxygens (including phenoxy) is 2. The van der Waals surface area contributed by atoms with E-state index in [0.29, 0.717) is 18.7 Å². The normalized spacial score (nSPS) is 20.1. The monoisotopic (exact) mass is 537 g/mol. The Morgan fingerprint density at radius 2 is 2.05 bits per heavy atom. The maximum atomic E-state index is 12.4. The quantitative estimate of drug-likeness (QED) is 0.154. The van der Waals surface area contributed by atoms with Gasteiger partial charge in [0.05, 0.1) is 27.6 Å². The van der Waals surface area contributed by atoms with E-state index in [2.05, 4.69) is 20.0 Å². The minimum absolute atomic E-state index is 0.0192. The highest BCUT2D eigenvalue weighted by Gasteiger charge is 2.51. The summed E-state index contributed by atoms with van der Waals surface area (Å²) in [5.74, 6) is -0.908. The predicted octanol–water partition coefficient (Wildman–Crippen LogP) is 1.31. The van der Waals surface area contributed by atoms with E-state index >= 15 is 0 Å². The van der Waals surface area contributed by atoms with Crippen LogP contribution in [0.15, 0.2) is 16.7 Å². The summed E-state index contributed by atoms with van der Waals surface area (Å²) in [5.41, 5.74) is 12.0. The van der Waals surface area contributed by atoms with Crippen LogP contribution < -0.4 is 22.1 Å². The first kappa shape index (κ1) is 28.7. The highest BCUT2D eigenvalue weighted by molar-refractivity contribution is 7.29. The molecule has 4 atom stereocenters. The van der Waals surface area contributed by atoms with Crippen LogP contribution in [0, 0.1) is 11.3 Å². The van der Waals surface area contributed by atoms with Gasteiger partial charge >= 0.3 is 11.9 Å². The van der Waals surface area contributed by atoms with E-state index in [4.69, 9.17) is 25.5 Å². The molecular formula is C23H36N7O6P. The second kappa shape index (κ2) is 12.6. The molecule has 0 saturated heterocycles. The highest BCUT2D eigenvalue weighted by Crippen LogP contribution is 2.53. The molecule has 2 heterocycles. The predicted molar refractivity (Wildman–Crippen MR) is 140 cm³/mol. The van der Waals surface area contributed by atoms with Crippen molar-refractivity contribution in [1.29, 1.82) is 0 Å². The summed E-state index contributed by atoms with van der Waals surface area (Å²) in [7, 11) is -0.177. The molecule has 0 spiro atoms. The maximum absolute atomic E-state index is 12.4. The second-order valence-electron chi connectivity index (χ2n) is 9.54. The number of aromatic nitrogens is 4. The fourth-order valence-corrected chi connectivity index (χ4v) is 4.15. The lowest BCUT2D eigenvalue weighted by atomic mass is 10.1. The summed E-state index contributed by atoms with van der Waals surface area (Å²) in [6.45, 7) is 8.12. The van der Waals surface area contributed by atoms with Crippen LogP contribution in [0.2, 0.25) is 0 Å². The average molecular weight is 538 g/mol. The van der Waals surface area contributed by atoms with Crippen molar-refractivity contribution in [1.82, 2.24) is 24.6 Å². The van der Waals surface area contributed by atoms with Gasteiger partial charge in [-0.2, -0.15) is 4.98 Å². The number of nitrogens with one attached hydrogen (secondary N) is 2. The van der Waals surface area contributed by atoms with E-state index in [0.717, 1.165) is 18.4 Å². The molecule has 13 nitrogen and oxygen atoms in total. The SMILES string of the molecule is CCCCOC(=O)C(C)NPOC[C@@]1(COC(=O)C(N)C(C)C)C/C1=C/n1cnc2c(=O)[nH]c(N)nc21. The van der Waals surface area contributed by atoms with Crippen molar-refractivity contribution >= 4 is 44.2 Å². The lowest BCUT2D eigenvalue weighted by Crippen LogP contribution is -2.38. The topological polar surface area (TPSA) is 189 Å². The van der Waals surface area contributed by atoms with Crippen molar-refractivity contribution in [3.05, 3.63) is 22.3 Å². The van der Waals surface area contributed by atoms with Gasteiger partial charge in [0.25, 0.3) is 5.56 Å². The molecule has 0 amide bonds. The number of carbonyl (C=O) groups excluding carboxylic acids is 2. The first-order chi connectivity index (χ1) is 17.6. The third kappa shape index (κ3) is 7.35. The molecule has 3 unspecified atom stereocenters. The number of rotatable bonds is 14. The molecule has 0 radical (unpaired) electrons. The number of anilines is 1. The zero-order chi connectivity index (χ0) is 27.2. The zero-order valence-electron chi connectivity index (χ0n) is 21.6. The first-order valence-corrected chi connectivity index (χ1v) is 13.1. The molecule has 1 saturated carbocycles. The molecule has 2 aromatic heterocycles. The molecule has 3 rings (SSSR count). The van der Waals surface area contributed by atoms with E-state index < -0.39 is 29.0 Å². The summed E-state index contributed by atoms with van der Waals surface area (Å²) in [4.78, 5) is 47.2. The molecule has 2 aromatic rings. The van der Waals surface area contributed by atoms with E-state index in [1.807, 2.05) is 20.8 Å². The van der Waals surface area contributed by atoms with Crippen LogP contribution in [0.4, 0.5) is 5.95 Å². The number of fused-ring (bicyclic) bond motifs is 1. The van der Waals surface area contributed by atoms with Gasteiger partial charge in [0, 0.05) is 6.20 Å². The van der Waals surface area contributed by atoms with Gasteiger partial charge in [0.1, 0.15) is 25.0 Å². The van der Waals surface area contributed by atoms with Crippen LogP contribution in [-0.4, -0.2) is 63.4 Å². The minimum atomic E-state index is -0.733. The molecule has 6 N–H and O–H groups in total. The third-order valence-corrected chi connectivity index (χ3v) is 6.94. The number of nitrogens with two attached hydrogens (primary N) is 2. The summed E-state index contributed by atoms with van der Waals surface area (Å²) in [5, 5.41) is 3.01. The van der Waals surface area contributed by atoms with Crippen molar-refractivity contribution in [2.45, 2.75) is 59.0 Å². The fraction of sp³-hybridized carbons (Fsp3) is 0.609. The zero-order valence-corrected chi connectivity index (χ0v) is 22.6. The van der Waals surface area contributed by atoms with Crippen LogP contribution in [-0.2, 0) is 23.6 Å². The Labute approximate surface area is 216 Å². The molecule has 0 bridgehead atoms. The Morgan fingerprint density at radius 1 is 1.30 bits per heavy atom. The standard InChI is InChI=1S/C23H36N7O6P/c1-5-6-7-34-20(32)14(4)29-37-36-11-23(10-35-21(33)16(24)13(2)3)8-15(23)9-30-12-26-17-18(30)27-22(25)28-19(17)31/h9,12-14,16,29,37H,5-8,10-11,24H2,1-4H3,(H3,25,27,28,31)/b15-9-/t14?,16?,23-/m0/s1. The van der Waals surface area contributed by atoms with Gasteiger partial charge in [-0.05, 0) is 31.3 Å². The van der Waals surface area contributed by atoms with Crippen molar-refractivity contribution in [3.63, 3.8) is 0 Å². The Bertz CT molecular complexity index is 1200. The second-order valence-corrected chi connectivity index (χ2v) is 10.3. The number of aromatic amines is 1. The molecule has 1 aliphatic carbocycles. The lowest BCUT2D eigenvalue weighted by Gasteiger charge is -2.20. The lowest BCUT2D eigenvalue weighted by molar-refractivity contribution is -0.148. The number of carbonyl (C=O) groups is 2. The number of esters is 2. The van der Waals surface area contributed by atoms with Gasteiger partial charge in [-0.25, -0.2) is 4.98 Å². The molecular weight excluding hydrogens is 501 g/mol. The van der Waals surface area contributed by atoms with E-state index in [9.17, 15) is 14.4 Å². The molecule has 204 valence electrons. The summed E-state index contributed by atoms with van der Waals surface area (Å²) in [6, 6.07) is -1.25. The number of hydrogen-bond donors (Lipinski definition) is 4. The third-order valence-electron chi connectivity index (χ3n) is 6.10. The van der Waals surface area contributed by atoms with Crippen molar-refractivity contribution in [3.8, 4) is 0 Å². The van der Waals surface area contributed by atoms with E-state index in [1.54, 1.807) is 17.7 Å². The Kier molecular flexibility index (Phi) is 9.77. The Hall–Kier alpha value is -2.86. The molecule has 1 fully saturated rings. The van der Waals surface area contributed by atoms with E-state index in [1.165, 1.54) is 6.33 Å². The fourth-order valence-electron chi connectivity index (χ4n) is 3.42. The van der Waals surface area contributed by atoms with Crippen LogP contribution >= 0.6 is 8.96 Å². The van der Waals surface area contributed by atoms with Gasteiger partial charge in [-0.1, -0.05) is 27.2 Å². The van der Waals surface area contributed by atoms with Crippen molar-refractivity contribution in [2.24, 2.45) is 17.1 Å². The largest absolute Gasteiger partial charge is 0.465 e. The van der Waals surface area contributed by atoms with Gasteiger partial charge in [-0.3, -0.25) is 29.0 Å². The summed E-state index contributed by atoms with van der Waals surface area (Å²) in [6.07, 6.45) is 5.59. The Morgan fingerprint density at radius 3 is 2.76 bits per heavy atom. The molecule has 14 heteroatoms. The number of unbranched alkanes of at least 4 members (excludes halogenated alkanes) is 1. The molecule has 0 aliphatic heterocycles. The van der Waals surface area contributed by atoms with Crippen LogP contribution in [0.1, 0.15) is 47.0 Å². The highest BCUT2D eigenvalue weighted by atomic mass is 31.1. The maximum Gasteiger partial charge on any atom is 0.323 e. The smallest absolute Gasteiger partial charge is 0.323 e. The average Bonchev–Trinajstić information content (AvgIpc) is 3.38. The van der Waals surface area contributed by atoms with Gasteiger partial charge in [0.15, 0.2) is 11.2 Å². The number of nitrogens with zero attached hydrogens (tertiary/aromatic N) is 3. The van der Waals surface area contributed by atoms with Crippen LogP contribution in [0.3, 0.4) is 0 Å². The Balaban J connectivity index is 1.67. The van der Waals surface area contributed by atoms with Crippen LogP contribution in [0.5, 0.6) is 0 Å². The number of H-pyrrole nitrogens is 1. The van der Waals surface area contributed by atoms with Crippen molar-refractivity contribution < 1.29 is 23.6 Å². The molecule has 37 heavy (non-hydrogen) atoms. The molecule has 1 aliphatic rings. The van der Waals surface area contributed by atoms with E-state index in [-0.39, 0.29) is 45.5 Å². The number of imidazole rings is 1. The minimum Gasteiger partial charge on any atom is -0.465 e. The van der Waals surface area contributed by atoms with Gasteiger partial charge in [0.2, 0.25) is 5.95 Å². The summed E-state index contributed by atoms with van der Waals surface area (Å²) < 4.78 is 18.2. The van der Waals surface area contributed by atoms with Crippen molar-refractivity contribution in [2.75, 3.05) is 25.6 Å². The van der Waals surface area contributed by atoms with Gasteiger partial charge < -0.3 is 25.5 Å². The number of hydrogen-bond acceptors (Lipinski definition) is 11. The summed E-state index contributed by atoms with van der Waals surface area (Å²) >= 11 is 0.